The minimum absolute atomic E-state index is 0.00726. The average Bonchev–Trinajstić information content (AvgIpc) is 2.96. The third kappa shape index (κ3) is 5.59. The summed E-state index contributed by atoms with van der Waals surface area (Å²) in [6.07, 6.45) is -4.48. The SMILES string of the molecule is C=CC1C(OC2OC(CO)C(O)C(O)C2OC(=O)c2c(O)cc(O)cc2-c2cccc(O)c2)OC=C2C(=O)CCCC21. The first-order valence-electron chi connectivity index (χ1n) is 13.5. The van der Waals surface area contributed by atoms with Crippen molar-refractivity contribution in [2.45, 2.75) is 56.3 Å². The van der Waals surface area contributed by atoms with Gasteiger partial charge < -0.3 is 49.6 Å². The number of ether oxygens (including phenoxy) is 4. The van der Waals surface area contributed by atoms with Crippen LogP contribution in [0.3, 0.4) is 0 Å². The summed E-state index contributed by atoms with van der Waals surface area (Å²) in [6, 6.07) is 7.82. The van der Waals surface area contributed by atoms with Gasteiger partial charge in [0.1, 0.15) is 41.1 Å². The number of aromatic hydroxyl groups is 3. The van der Waals surface area contributed by atoms with E-state index >= 15 is 0 Å². The number of benzene rings is 2. The lowest BCUT2D eigenvalue weighted by atomic mass is 9.75. The molecule has 6 N–H and O–H groups in total. The van der Waals surface area contributed by atoms with Crippen LogP contribution in [0.5, 0.6) is 17.2 Å². The van der Waals surface area contributed by atoms with Gasteiger partial charge in [-0.1, -0.05) is 18.2 Å². The molecule has 0 amide bonds. The second-order valence-corrected chi connectivity index (χ2v) is 10.5. The first kappa shape index (κ1) is 29.5. The molecule has 0 spiro atoms. The molecule has 2 aliphatic heterocycles. The standard InChI is InChI=1S/C30H32O12/c1-2-17-18-7-4-8-21(34)20(18)13-39-29(17)42-30-27(26(37)25(36)23(12-31)40-30)41-28(38)24-19(10-16(33)11-22(24)35)14-5-3-6-15(32)9-14/h2-3,5-6,9-11,13,17-18,23,25-27,29-33,35-37H,1,4,7-8,12H2. The van der Waals surface area contributed by atoms with Crippen molar-refractivity contribution in [1.29, 1.82) is 0 Å². The zero-order valence-corrected chi connectivity index (χ0v) is 22.4. The first-order valence-corrected chi connectivity index (χ1v) is 13.5. The summed E-state index contributed by atoms with van der Waals surface area (Å²) in [5, 5.41) is 61.9. The summed E-state index contributed by atoms with van der Waals surface area (Å²) in [6.45, 7) is 3.15. The van der Waals surface area contributed by atoms with E-state index in [1.165, 1.54) is 36.6 Å². The number of Topliss-reactive ketones (excluding diaryl/α,β-unsaturated/α-hetero) is 1. The molecule has 0 radical (unpaired) electrons. The monoisotopic (exact) mass is 584 g/mol. The number of ketones is 1. The van der Waals surface area contributed by atoms with Gasteiger partial charge in [-0.15, -0.1) is 6.58 Å². The Bertz CT molecular complexity index is 1390. The number of esters is 1. The van der Waals surface area contributed by atoms with Crippen LogP contribution < -0.4 is 0 Å². The summed E-state index contributed by atoms with van der Waals surface area (Å²) >= 11 is 0. The molecule has 1 saturated carbocycles. The molecule has 8 atom stereocenters. The normalized spacial score (nSPS) is 30.9. The van der Waals surface area contributed by atoms with Gasteiger partial charge >= 0.3 is 5.97 Å². The molecule has 5 rings (SSSR count). The molecule has 2 aromatic carbocycles. The van der Waals surface area contributed by atoms with Crippen molar-refractivity contribution < 1.29 is 59.2 Å². The Kier molecular flexibility index (Phi) is 8.53. The maximum absolute atomic E-state index is 13.5. The quantitative estimate of drug-likeness (QED) is 0.205. The van der Waals surface area contributed by atoms with Crippen LogP contribution in [-0.2, 0) is 23.7 Å². The zero-order valence-electron chi connectivity index (χ0n) is 22.4. The fourth-order valence-electron chi connectivity index (χ4n) is 5.69. The summed E-state index contributed by atoms with van der Waals surface area (Å²) in [7, 11) is 0. The van der Waals surface area contributed by atoms with Crippen molar-refractivity contribution >= 4 is 11.8 Å². The highest BCUT2D eigenvalue weighted by atomic mass is 16.8. The van der Waals surface area contributed by atoms with Crippen LogP contribution in [-0.4, -0.2) is 86.0 Å². The number of hydrogen-bond donors (Lipinski definition) is 6. The molecule has 2 aromatic rings. The van der Waals surface area contributed by atoms with E-state index in [1.807, 2.05) is 0 Å². The van der Waals surface area contributed by atoms with Gasteiger partial charge in [-0.3, -0.25) is 4.79 Å². The predicted molar refractivity (Wildman–Crippen MR) is 144 cm³/mol. The largest absolute Gasteiger partial charge is 0.508 e. The predicted octanol–water partition coefficient (Wildman–Crippen LogP) is 1.86. The smallest absolute Gasteiger partial charge is 0.343 e. The third-order valence-corrected chi connectivity index (χ3v) is 7.82. The number of aliphatic hydroxyl groups excluding tert-OH is 3. The number of aliphatic hydroxyl groups is 3. The number of phenolic OH excluding ortho intramolecular Hbond substituents is 3. The van der Waals surface area contributed by atoms with E-state index in [-0.39, 0.29) is 34.3 Å². The van der Waals surface area contributed by atoms with Crippen LogP contribution in [0.2, 0.25) is 0 Å². The van der Waals surface area contributed by atoms with E-state index < -0.39 is 66.8 Å². The van der Waals surface area contributed by atoms with Gasteiger partial charge in [-0.25, -0.2) is 4.79 Å². The van der Waals surface area contributed by atoms with Crippen LogP contribution in [0.1, 0.15) is 29.6 Å². The molecule has 1 saturated heterocycles. The molecule has 12 nitrogen and oxygen atoms in total. The van der Waals surface area contributed by atoms with E-state index in [4.69, 9.17) is 18.9 Å². The highest BCUT2D eigenvalue weighted by Crippen LogP contribution is 2.41. The van der Waals surface area contributed by atoms with Gasteiger partial charge in [0.05, 0.1) is 12.9 Å². The number of carbonyl (C=O) groups excluding carboxylic acids is 2. The fraction of sp³-hybridized carbons (Fsp3) is 0.400. The molecule has 3 aliphatic rings. The number of rotatable bonds is 7. The Morgan fingerprint density at radius 1 is 1.07 bits per heavy atom. The van der Waals surface area contributed by atoms with Gasteiger partial charge in [0, 0.05) is 35.5 Å². The Morgan fingerprint density at radius 2 is 1.86 bits per heavy atom. The van der Waals surface area contributed by atoms with Crippen molar-refractivity contribution in [2.75, 3.05) is 6.61 Å². The highest BCUT2D eigenvalue weighted by Gasteiger charge is 2.50. The van der Waals surface area contributed by atoms with Crippen LogP contribution in [0, 0.1) is 11.8 Å². The summed E-state index contributed by atoms with van der Waals surface area (Å²) in [4.78, 5) is 25.9. The minimum atomic E-state index is -1.80. The summed E-state index contributed by atoms with van der Waals surface area (Å²) in [5.74, 6) is -3.13. The van der Waals surface area contributed by atoms with Crippen LogP contribution in [0.15, 0.2) is 60.9 Å². The van der Waals surface area contributed by atoms with Gasteiger partial charge in [-0.05, 0) is 36.6 Å². The van der Waals surface area contributed by atoms with E-state index in [0.717, 1.165) is 6.07 Å². The summed E-state index contributed by atoms with van der Waals surface area (Å²) in [5.41, 5.74) is 0.377. The van der Waals surface area contributed by atoms with E-state index in [9.17, 15) is 40.2 Å². The Hall–Kier alpha value is -3.94. The first-order chi connectivity index (χ1) is 20.1. The molecule has 12 heteroatoms. The van der Waals surface area contributed by atoms with Crippen LogP contribution in [0.25, 0.3) is 11.1 Å². The molecule has 224 valence electrons. The second kappa shape index (κ2) is 12.1. The molecule has 0 bridgehead atoms. The molecule has 8 unspecified atom stereocenters. The van der Waals surface area contributed by atoms with Crippen LogP contribution in [0.4, 0.5) is 0 Å². The van der Waals surface area contributed by atoms with Crippen molar-refractivity contribution in [3.05, 3.63) is 66.5 Å². The molecular formula is C30H32O12. The molecule has 42 heavy (non-hydrogen) atoms. The van der Waals surface area contributed by atoms with E-state index in [2.05, 4.69) is 6.58 Å². The van der Waals surface area contributed by atoms with Gasteiger partial charge in [-0.2, -0.15) is 0 Å². The number of phenols is 3. The van der Waals surface area contributed by atoms with Crippen molar-refractivity contribution in [3.63, 3.8) is 0 Å². The lowest BCUT2D eigenvalue weighted by Gasteiger charge is -2.44. The van der Waals surface area contributed by atoms with Gasteiger partial charge in [0.25, 0.3) is 0 Å². The highest BCUT2D eigenvalue weighted by molar-refractivity contribution is 6.00. The number of allylic oxidation sites excluding steroid dienone is 1. The van der Waals surface area contributed by atoms with Crippen LogP contribution >= 0.6 is 0 Å². The average molecular weight is 585 g/mol. The lowest BCUT2D eigenvalue weighted by molar-refractivity contribution is -0.338. The van der Waals surface area contributed by atoms with E-state index in [0.29, 0.717) is 24.8 Å². The maximum Gasteiger partial charge on any atom is 0.343 e. The number of carbonyl (C=O) groups is 2. The van der Waals surface area contributed by atoms with Gasteiger partial charge in [0.15, 0.2) is 11.9 Å². The Balaban J connectivity index is 1.46. The maximum atomic E-state index is 13.5. The van der Waals surface area contributed by atoms with Gasteiger partial charge in [0.2, 0.25) is 12.6 Å². The number of fused-ring (bicyclic) bond motifs is 1. The molecule has 2 heterocycles. The minimum Gasteiger partial charge on any atom is -0.508 e. The second-order valence-electron chi connectivity index (χ2n) is 10.5. The van der Waals surface area contributed by atoms with Crippen molar-refractivity contribution in [1.82, 2.24) is 0 Å². The molecule has 0 aromatic heterocycles. The van der Waals surface area contributed by atoms with Crippen molar-refractivity contribution in [2.24, 2.45) is 11.8 Å². The topological polar surface area (TPSA) is 192 Å². The fourth-order valence-corrected chi connectivity index (χ4v) is 5.69. The van der Waals surface area contributed by atoms with Crippen molar-refractivity contribution in [3.8, 4) is 28.4 Å². The Labute approximate surface area is 240 Å². The molecule has 2 fully saturated rings. The lowest BCUT2D eigenvalue weighted by Crippen LogP contribution is -2.61. The third-order valence-electron chi connectivity index (χ3n) is 7.82. The zero-order chi connectivity index (χ0) is 30.1. The summed E-state index contributed by atoms with van der Waals surface area (Å²) < 4.78 is 23.0. The molecule has 1 aliphatic carbocycles. The number of hydrogen-bond acceptors (Lipinski definition) is 12. The molecular weight excluding hydrogens is 552 g/mol. The Morgan fingerprint density at radius 3 is 2.57 bits per heavy atom. The van der Waals surface area contributed by atoms with E-state index in [1.54, 1.807) is 6.08 Å².